The van der Waals surface area contributed by atoms with Gasteiger partial charge in [-0.25, -0.2) is 0 Å². The van der Waals surface area contributed by atoms with Gasteiger partial charge in [0.2, 0.25) is 0 Å². The second-order valence-electron chi connectivity index (χ2n) is 5.16. The number of hydrogen-bond acceptors (Lipinski definition) is 3. The predicted octanol–water partition coefficient (Wildman–Crippen LogP) is 1.43. The summed E-state index contributed by atoms with van der Waals surface area (Å²) in [6, 6.07) is 16.4. The van der Waals surface area contributed by atoms with Gasteiger partial charge in [-0.1, -0.05) is 48.6 Å². The Hall–Kier alpha value is -2.36. The van der Waals surface area contributed by atoms with Crippen molar-refractivity contribution in [1.29, 1.82) is 0 Å². The molecule has 4 heteroatoms. The van der Waals surface area contributed by atoms with Crippen LogP contribution in [0.5, 0.6) is 5.75 Å². The maximum atomic E-state index is 5.99. The van der Waals surface area contributed by atoms with E-state index in [2.05, 4.69) is 41.4 Å². The van der Waals surface area contributed by atoms with Gasteiger partial charge in [0.25, 0.3) is 0 Å². The average Bonchev–Trinajstić information content (AvgIpc) is 2.62. The lowest BCUT2D eigenvalue weighted by atomic mass is 10.0. The molecule has 0 radical (unpaired) electrons. The highest BCUT2D eigenvalue weighted by Crippen LogP contribution is 2.31. The van der Waals surface area contributed by atoms with E-state index < -0.39 is 0 Å². The molecule has 0 saturated heterocycles. The minimum atomic E-state index is 0. The van der Waals surface area contributed by atoms with E-state index >= 15 is 0 Å². The molecule has 0 unspecified atom stereocenters. The topological polar surface area (TPSA) is 31.4 Å². The summed E-state index contributed by atoms with van der Waals surface area (Å²) in [4.78, 5) is 4.04. The molecule has 1 heterocycles. The van der Waals surface area contributed by atoms with Crippen molar-refractivity contribution in [1.82, 2.24) is 4.98 Å². The van der Waals surface area contributed by atoms with Gasteiger partial charge in [0.15, 0.2) is 0 Å². The summed E-state index contributed by atoms with van der Waals surface area (Å²) < 4.78 is 11.1. The molecular formula is C20H19ClNO2-. The first-order valence-electron chi connectivity index (χ1n) is 7.60. The van der Waals surface area contributed by atoms with E-state index in [1.807, 2.05) is 24.3 Å². The molecule has 0 saturated carbocycles. The van der Waals surface area contributed by atoms with Crippen LogP contribution in [0, 0.1) is 0 Å². The molecule has 3 nitrogen and oxygen atoms in total. The number of halogens is 1. The number of pyridine rings is 1. The van der Waals surface area contributed by atoms with Crippen LogP contribution in [-0.4, -0.2) is 25.3 Å². The Labute approximate surface area is 148 Å². The number of aromatic nitrogens is 1. The third kappa shape index (κ3) is 4.34. The van der Waals surface area contributed by atoms with Crippen LogP contribution in [0.4, 0.5) is 0 Å². The molecule has 0 amide bonds. The zero-order valence-electron chi connectivity index (χ0n) is 13.5. The van der Waals surface area contributed by atoms with Crippen molar-refractivity contribution < 1.29 is 21.9 Å². The Morgan fingerprint density at radius 3 is 2.50 bits per heavy atom. The summed E-state index contributed by atoms with van der Waals surface area (Å²) in [6.45, 7) is 1.09. The Kier molecular flexibility index (Phi) is 6.79. The van der Waals surface area contributed by atoms with Crippen molar-refractivity contribution in [2.45, 2.75) is 0 Å². The first-order chi connectivity index (χ1) is 11.4. The zero-order valence-corrected chi connectivity index (χ0v) is 14.2. The molecule has 1 aromatic heterocycles. The first-order valence-corrected chi connectivity index (χ1v) is 7.60. The highest BCUT2D eigenvalue weighted by Gasteiger charge is 2.07. The highest BCUT2D eigenvalue weighted by atomic mass is 35.5. The van der Waals surface area contributed by atoms with Crippen LogP contribution in [0.2, 0.25) is 0 Å². The van der Waals surface area contributed by atoms with E-state index in [9.17, 15) is 0 Å². The van der Waals surface area contributed by atoms with Crippen LogP contribution in [0.15, 0.2) is 60.9 Å². The number of methoxy groups -OCH3 is 1. The van der Waals surface area contributed by atoms with Gasteiger partial charge in [-0.05, 0) is 23.1 Å². The molecule has 0 spiro atoms. The van der Waals surface area contributed by atoms with Crippen LogP contribution >= 0.6 is 0 Å². The Morgan fingerprint density at radius 1 is 0.917 bits per heavy atom. The first kappa shape index (κ1) is 18.0. The third-order valence-corrected chi connectivity index (χ3v) is 3.61. The molecular weight excluding hydrogens is 322 g/mol. The lowest BCUT2D eigenvalue weighted by Crippen LogP contribution is -3.00. The van der Waals surface area contributed by atoms with Crippen LogP contribution in [-0.2, 0) is 4.74 Å². The maximum Gasteiger partial charge on any atom is 0.134 e. The van der Waals surface area contributed by atoms with E-state index in [0.717, 1.165) is 22.3 Å². The fourth-order valence-electron chi connectivity index (χ4n) is 2.44. The number of fused-ring (bicyclic) bond motifs is 1. The minimum Gasteiger partial charge on any atom is -1.00 e. The molecule has 0 aliphatic rings. The van der Waals surface area contributed by atoms with E-state index in [0.29, 0.717) is 13.2 Å². The summed E-state index contributed by atoms with van der Waals surface area (Å²) in [7, 11) is 1.68. The molecule has 124 valence electrons. The summed E-state index contributed by atoms with van der Waals surface area (Å²) in [5.74, 6) is 0.894. The molecule has 0 fully saturated rings. The van der Waals surface area contributed by atoms with Crippen LogP contribution in [0.25, 0.3) is 22.9 Å². The Morgan fingerprint density at radius 2 is 1.71 bits per heavy atom. The van der Waals surface area contributed by atoms with E-state index in [1.165, 1.54) is 5.39 Å². The minimum absolute atomic E-state index is 0. The Balaban J connectivity index is 0.00000208. The highest BCUT2D eigenvalue weighted by molar-refractivity contribution is 5.93. The average molecular weight is 341 g/mol. The van der Waals surface area contributed by atoms with Gasteiger partial charge in [-0.2, -0.15) is 0 Å². The quantitative estimate of drug-likeness (QED) is 0.636. The molecule has 3 aromatic rings. The van der Waals surface area contributed by atoms with Gasteiger partial charge in [-0.15, -0.1) is 0 Å². The van der Waals surface area contributed by atoms with Crippen molar-refractivity contribution >= 4 is 22.9 Å². The molecule has 3 rings (SSSR count). The van der Waals surface area contributed by atoms with Crippen molar-refractivity contribution in [2.75, 3.05) is 20.3 Å². The number of benzene rings is 2. The Bertz CT molecular complexity index is 803. The monoisotopic (exact) mass is 340 g/mol. The van der Waals surface area contributed by atoms with Crippen LogP contribution in [0.3, 0.4) is 0 Å². The van der Waals surface area contributed by atoms with Gasteiger partial charge in [-0.3, -0.25) is 4.98 Å². The number of hydrogen-bond donors (Lipinski definition) is 0. The third-order valence-electron chi connectivity index (χ3n) is 3.61. The lowest BCUT2D eigenvalue weighted by Gasteiger charge is -2.12. The van der Waals surface area contributed by atoms with Crippen LogP contribution in [0.1, 0.15) is 11.1 Å². The van der Waals surface area contributed by atoms with Gasteiger partial charge in [0.05, 0.1) is 6.61 Å². The van der Waals surface area contributed by atoms with Crippen molar-refractivity contribution in [3.05, 3.63) is 72.1 Å². The second-order valence-corrected chi connectivity index (χ2v) is 5.16. The largest absolute Gasteiger partial charge is 1.00 e. The van der Waals surface area contributed by atoms with Gasteiger partial charge in [0.1, 0.15) is 12.4 Å². The smallest absolute Gasteiger partial charge is 0.134 e. The van der Waals surface area contributed by atoms with Gasteiger partial charge >= 0.3 is 0 Å². The van der Waals surface area contributed by atoms with Crippen molar-refractivity contribution in [3.63, 3.8) is 0 Å². The summed E-state index contributed by atoms with van der Waals surface area (Å²) in [5.41, 5.74) is 2.16. The maximum absolute atomic E-state index is 5.99. The lowest BCUT2D eigenvalue weighted by molar-refractivity contribution is -0.00000507. The van der Waals surface area contributed by atoms with E-state index in [-0.39, 0.29) is 12.4 Å². The molecule has 0 aliphatic carbocycles. The predicted molar refractivity (Wildman–Crippen MR) is 94.5 cm³/mol. The zero-order chi connectivity index (χ0) is 15.9. The standard InChI is InChI=1S/C20H19NO2.ClH/c1-22-14-15-23-20-18(7-6-16-10-12-21-13-11-16)9-8-17-4-2-3-5-19(17)20;/h2-13H,14-15H2,1H3;1H/p-1/b7-6+;. The van der Waals surface area contributed by atoms with E-state index in [1.54, 1.807) is 19.5 Å². The van der Waals surface area contributed by atoms with Crippen molar-refractivity contribution in [2.24, 2.45) is 0 Å². The summed E-state index contributed by atoms with van der Waals surface area (Å²) in [6.07, 6.45) is 7.71. The SMILES string of the molecule is COCCOc1c(/C=C/c2ccncc2)ccc2ccccc12.[Cl-]. The van der Waals surface area contributed by atoms with Gasteiger partial charge in [0, 0.05) is 30.5 Å². The number of ether oxygens (including phenoxy) is 2. The van der Waals surface area contributed by atoms with E-state index in [4.69, 9.17) is 9.47 Å². The normalized spacial score (nSPS) is 10.7. The second kappa shape index (κ2) is 9.06. The molecule has 0 bridgehead atoms. The number of nitrogens with zero attached hydrogens (tertiary/aromatic N) is 1. The van der Waals surface area contributed by atoms with Crippen molar-refractivity contribution in [3.8, 4) is 5.75 Å². The fraction of sp³-hybridized carbons (Fsp3) is 0.150. The number of rotatable bonds is 6. The van der Waals surface area contributed by atoms with Gasteiger partial charge < -0.3 is 21.9 Å². The van der Waals surface area contributed by atoms with Crippen LogP contribution < -0.4 is 17.1 Å². The molecule has 0 aliphatic heterocycles. The fourth-order valence-corrected chi connectivity index (χ4v) is 2.44. The molecule has 2 aromatic carbocycles. The molecule has 0 N–H and O–H groups in total. The molecule has 0 atom stereocenters. The summed E-state index contributed by atoms with van der Waals surface area (Å²) in [5, 5.41) is 2.28. The molecule has 24 heavy (non-hydrogen) atoms. The summed E-state index contributed by atoms with van der Waals surface area (Å²) >= 11 is 0.